The van der Waals surface area contributed by atoms with Gasteiger partial charge in [0.15, 0.2) is 5.96 Å². The maximum Gasteiger partial charge on any atom is 0.573 e. The zero-order valence-electron chi connectivity index (χ0n) is 24.2. The van der Waals surface area contributed by atoms with Crippen molar-refractivity contribution in [1.29, 1.82) is 0 Å². The average Bonchev–Trinajstić information content (AvgIpc) is 3.34. The van der Waals surface area contributed by atoms with Gasteiger partial charge in [-0.15, -0.1) is 13.2 Å². The number of nitrogens with two attached hydrogens (primary N) is 3. The van der Waals surface area contributed by atoms with Crippen molar-refractivity contribution in [2.45, 2.75) is 64.1 Å². The van der Waals surface area contributed by atoms with Gasteiger partial charge in [-0.05, 0) is 93.6 Å². The number of amides is 2. The lowest BCUT2D eigenvalue weighted by molar-refractivity contribution is -0.274. The van der Waals surface area contributed by atoms with Crippen LogP contribution < -0.4 is 42.8 Å². The molecule has 0 radical (unpaired) electrons. The number of nitrogens with one attached hydrogen (secondary N) is 3. The minimum atomic E-state index is -4.82. The van der Waals surface area contributed by atoms with Crippen LogP contribution in [0.2, 0.25) is 0 Å². The molecule has 3 atom stereocenters. The van der Waals surface area contributed by atoms with E-state index in [0.717, 1.165) is 36.9 Å². The Labute approximate surface area is 249 Å². The molecule has 2 aromatic rings. The number of benzene rings is 2. The summed E-state index contributed by atoms with van der Waals surface area (Å²) in [6.07, 6.45) is 1.02. The van der Waals surface area contributed by atoms with Gasteiger partial charge in [-0.1, -0.05) is 12.1 Å². The van der Waals surface area contributed by atoms with Crippen LogP contribution in [0.3, 0.4) is 0 Å². The SMILES string of the molecule is CC(N)CCCc1cc(OC(F)(F)F)cc(C2=CC3=CN(c4ccc(C(C)NCCCN=C(N)N)cc4)C(=O)NC3N2)c1. The van der Waals surface area contributed by atoms with Crippen LogP contribution in [0.15, 0.2) is 65.3 Å². The van der Waals surface area contributed by atoms with Crippen molar-refractivity contribution in [2.75, 3.05) is 18.0 Å². The van der Waals surface area contributed by atoms with Gasteiger partial charge in [0.05, 0.1) is 5.69 Å². The number of nitrogens with zero attached hydrogens (tertiary/aromatic N) is 2. The highest BCUT2D eigenvalue weighted by molar-refractivity contribution is 5.96. The first-order chi connectivity index (χ1) is 20.4. The van der Waals surface area contributed by atoms with Gasteiger partial charge in [0.1, 0.15) is 11.9 Å². The summed E-state index contributed by atoms with van der Waals surface area (Å²) in [5.74, 6) is -0.218. The minimum absolute atomic E-state index is 0.000872. The second-order valence-corrected chi connectivity index (χ2v) is 10.8. The molecule has 2 aliphatic rings. The maximum atomic E-state index is 13.1. The number of halogens is 3. The second-order valence-electron chi connectivity index (χ2n) is 10.8. The molecule has 0 aliphatic carbocycles. The number of aliphatic imine (C=N–C) groups is 1. The van der Waals surface area contributed by atoms with Crippen molar-refractivity contribution in [3.8, 4) is 5.75 Å². The summed E-state index contributed by atoms with van der Waals surface area (Å²) in [5, 5.41) is 9.54. The number of rotatable bonds is 13. The van der Waals surface area contributed by atoms with E-state index in [-0.39, 0.29) is 29.8 Å². The Morgan fingerprint density at radius 2 is 1.86 bits per heavy atom. The summed E-state index contributed by atoms with van der Waals surface area (Å²) in [4.78, 5) is 18.5. The number of guanidine groups is 1. The molecule has 0 aromatic heterocycles. The summed E-state index contributed by atoms with van der Waals surface area (Å²) in [6, 6.07) is 11.9. The highest BCUT2D eigenvalue weighted by atomic mass is 19.4. The molecule has 0 bridgehead atoms. The highest BCUT2D eigenvalue weighted by Gasteiger charge is 2.33. The van der Waals surface area contributed by atoms with Crippen molar-refractivity contribution in [2.24, 2.45) is 22.2 Å². The van der Waals surface area contributed by atoms with Crippen molar-refractivity contribution >= 4 is 23.4 Å². The smallest absolute Gasteiger partial charge is 0.406 e. The van der Waals surface area contributed by atoms with Crippen LogP contribution in [0.5, 0.6) is 5.75 Å². The Morgan fingerprint density at radius 3 is 2.53 bits per heavy atom. The standard InChI is InChI=1S/C30H39F3N8O2/c1-18(34)5-3-6-20-13-22(15-25(14-20)43-30(31,32)33)26-16-23-17-41(29(42)40-27(23)39-26)24-9-7-21(8-10-24)19(2)37-11-4-12-38-28(35)36/h7-10,13-19,27,37,39H,3-6,11-12,34H2,1-2H3,(H,40,42)(H4,35,36,38). The van der Waals surface area contributed by atoms with E-state index in [4.69, 9.17) is 17.2 Å². The third-order valence-corrected chi connectivity index (χ3v) is 7.10. The molecule has 43 heavy (non-hydrogen) atoms. The number of carbonyl (C=O) groups excluding carboxylic acids is 1. The van der Waals surface area contributed by atoms with E-state index in [0.29, 0.717) is 35.5 Å². The van der Waals surface area contributed by atoms with Gasteiger partial charge in [-0.25, -0.2) is 4.79 Å². The quantitative estimate of drug-likeness (QED) is 0.116. The van der Waals surface area contributed by atoms with Gasteiger partial charge in [-0.2, -0.15) is 0 Å². The van der Waals surface area contributed by atoms with E-state index < -0.39 is 12.5 Å². The number of anilines is 1. The predicted molar refractivity (Wildman–Crippen MR) is 162 cm³/mol. The first-order valence-electron chi connectivity index (χ1n) is 14.2. The maximum absolute atomic E-state index is 13.1. The monoisotopic (exact) mass is 600 g/mol. The number of alkyl halides is 3. The zero-order valence-corrected chi connectivity index (χ0v) is 24.2. The fraction of sp³-hybridized carbons (Fsp3) is 0.400. The first-order valence-corrected chi connectivity index (χ1v) is 14.2. The summed E-state index contributed by atoms with van der Waals surface area (Å²) in [5.41, 5.74) is 20.8. The van der Waals surface area contributed by atoms with Crippen LogP contribution in [-0.4, -0.2) is 43.7 Å². The van der Waals surface area contributed by atoms with Crippen LogP contribution in [0.4, 0.5) is 23.7 Å². The Balaban J connectivity index is 1.48. The van der Waals surface area contributed by atoms with Gasteiger partial charge in [0.25, 0.3) is 0 Å². The number of fused-ring (bicyclic) bond motifs is 1. The van der Waals surface area contributed by atoms with E-state index in [1.807, 2.05) is 50.3 Å². The van der Waals surface area contributed by atoms with Gasteiger partial charge in [0.2, 0.25) is 0 Å². The van der Waals surface area contributed by atoms with Crippen molar-refractivity contribution in [3.63, 3.8) is 0 Å². The van der Waals surface area contributed by atoms with Crippen molar-refractivity contribution < 1.29 is 22.7 Å². The number of hydrogen-bond donors (Lipinski definition) is 6. The zero-order chi connectivity index (χ0) is 31.1. The minimum Gasteiger partial charge on any atom is -0.406 e. The lowest BCUT2D eigenvalue weighted by Crippen LogP contribution is -2.51. The number of aryl methyl sites for hydroxylation is 1. The molecule has 10 nitrogen and oxygen atoms in total. The van der Waals surface area contributed by atoms with Crippen LogP contribution in [-0.2, 0) is 6.42 Å². The topological polar surface area (TPSA) is 156 Å². The molecule has 2 heterocycles. The molecular formula is C30H39F3N8O2. The summed E-state index contributed by atoms with van der Waals surface area (Å²) in [6.45, 7) is 5.23. The molecule has 0 spiro atoms. The molecule has 0 saturated carbocycles. The van der Waals surface area contributed by atoms with E-state index >= 15 is 0 Å². The van der Waals surface area contributed by atoms with Gasteiger partial charge >= 0.3 is 12.4 Å². The fourth-order valence-corrected chi connectivity index (χ4v) is 4.95. The largest absolute Gasteiger partial charge is 0.573 e. The van der Waals surface area contributed by atoms with E-state index in [9.17, 15) is 18.0 Å². The van der Waals surface area contributed by atoms with E-state index in [2.05, 4.69) is 25.7 Å². The lowest BCUT2D eigenvalue weighted by Gasteiger charge is -2.29. The molecule has 3 unspecified atom stereocenters. The molecule has 2 amide bonds. The Bertz CT molecular complexity index is 1370. The number of ether oxygens (including phenoxy) is 1. The highest BCUT2D eigenvalue weighted by Crippen LogP contribution is 2.32. The van der Waals surface area contributed by atoms with Crippen LogP contribution in [0.25, 0.3) is 5.70 Å². The Morgan fingerprint density at radius 1 is 1.12 bits per heavy atom. The Hall–Kier alpha value is -4.23. The van der Waals surface area contributed by atoms with Gasteiger partial charge in [-0.3, -0.25) is 9.89 Å². The first kappa shape index (κ1) is 31.7. The van der Waals surface area contributed by atoms with Crippen LogP contribution >= 0.6 is 0 Å². The van der Waals surface area contributed by atoms with E-state index in [1.54, 1.807) is 6.20 Å². The third kappa shape index (κ3) is 9.13. The van der Waals surface area contributed by atoms with Crippen LogP contribution in [0.1, 0.15) is 55.8 Å². The predicted octanol–water partition coefficient (Wildman–Crippen LogP) is 3.95. The molecule has 13 heteroatoms. The van der Waals surface area contributed by atoms with Crippen molar-refractivity contribution in [1.82, 2.24) is 16.0 Å². The lowest BCUT2D eigenvalue weighted by atomic mass is 10.0. The van der Waals surface area contributed by atoms with Gasteiger partial charge < -0.3 is 37.9 Å². The molecule has 0 fully saturated rings. The molecule has 232 valence electrons. The Kier molecular flexibility index (Phi) is 10.2. The molecule has 4 rings (SSSR count). The molecule has 0 saturated heterocycles. The molecule has 2 aliphatic heterocycles. The summed E-state index contributed by atoms with van der Waals surface area (Å²) < 4.78 is 43.4. The summed E-state index contributed by atoms with van der Waals surface area (Å²) >= 11 is 0. The van der Waals surface area contributed by atoms with Crippen molar-refractivity contribution in [3.05, 3.63) is 77.0 Å². The molecule has 9 N–H and O–H groups in total. The number of urea groups is 1. The normalized spacial score (nSPS) is 17.7. The average molecular weight is 601 g/mol. The number of hydrogen-bond acceptors (Lipinski definition) is 6. The molecular weight excluding hydrogens is 561 g/mol. The van der Waals surface area contributed by atoms with Gasteiger partial charge in [0, 0.05) is 41.7 Å². The summed E-state index contributed by atoms with van der Waals surface area (Å²) in [7, 11) is 0. The number of carbonyl (C=O) groups is 1. The second kappa shape index (κ2) is 13.8. The third-order valence-electron chi connectivity index (χ3n) is 7.10. The van der Waals surface area contributed by atoms with E-state index in [1.165, 1.54) is 17.0 Å². The molecule has 2 aromatic carbocycles. The fourth-order valence-electron chi connectivity index (χ4n) is 4.95. The van der Waals surface area contributed by atoms with Crippen LogP contribution in [0, 0.1) is 0 Å².